The summed E-state index contributed by atoms with van der Waals surface area (Å²) in [5, 5.41) is 7.79. The second-order valence-corrected chi connectivity index (χ2v) is 7.86. The first kappa shape index (κ1) is 22.2. The summed E-state index contributed by atoms with van der Waals surface area (Å²) in [6.45, 7) is 7.84. The van der Waals surface area contributed by atoms with Crippen LogP contribution in [0.25, 0.3) is 10.8 Å². The van der Waals surface area contributed by atoms with Gasteiger partial charge in [-0.05, 0) is 43.0 Å². The van der Waals surface area contributed by atoms with Crippen LogP contribution in [0.4, 0.5) is 5.69 Å². The molecule has 7 heteroatoms. The number of esters is 1. The molecule has 2 aromatic carbocycles. The predicted octanol–water partition coefficient (Wildman–Crippen LogP) is 3.80. The van der Waals surface area contributed by atoms with Crippen LogP contribution in [0.1, 0.15) is 43.7 Å². The van der Waals surface area contributed by atoms with Crippen LogP contribution in [-0.2, 0) is 22.5 Å². The lowest BCUT2D eigenvalue weighted by molar-refractivity contribution is -0.123. The van der Waals surface area contributed by atoms with Crippen LogP contribution >= 0.6 is 0 Å². The monoisotopic (exact) mass is 421 g/mol. The smallest absolute Gasteiger partial charge is 0.360 e. The molecule has 0 aliphatic carbocycles. The molecule has 0 aliphatic rings. The fraction of sp³-hybridized carbons (Fsp3) is 0.333. The van der Waals surface area contributed by atoms with Crippen molar-refractivity contribution in [2.75, 3.05) is 5.32 Å². The second-order valence-electron chi connectivity index (χ2n) is 7.86. The molecule has 0 bridgehead atoms. The van der Waals surface area contributed by atoms with Crippen molar-refractivity contribution in [1.82, 2.24) is 9.78 Å². The van der Waals surface area contributed by atoms with E-state index in [1.165, 1.54) is 11.6 Å². The van der Waals surface area contributed by atoms with Gasteiger partial charge in [0, 0.05) is 17.6 Å². The summed E-state index contributed by atoms with van der Waals surface area (Å²) in [5.74, 6) is -1.03. The first-order chi connectivity index (χ1) is 14.8. The van der Waals surface area contributed by atoms with Crippen molar-refractivity contribution in [2.24, 2.45) is 5.92 Å². The molecule has 1 amide bonds. The number of nitrogens with zero attached hydrogens (tertiary/aromatic N) is 2. The molecule has 0 radical (unpaired) electrons. The Kier molecular flexibility index (Phi) is 6.84. The van der Waals surface area contributed by atoms with Gasteiger partial charge in [-0.25, -0.2) is 9.48 Å². The van der Waals surface area contributed by atoms with E-state index in [1.54, 1.807) is 24.3 Å². The molecule has 3 aromatic rings. The van der Waals surface area contributed by atoms with Crippen LogP contribution in [0.5, 0.6) is 0 Å². The van der Waals surface area contributed by atoms with Gasteiger partial charge in [0.25, 0.3) is 11.5 Å². The fourth-order valence-corrected chi connectivity index (χ4v) is 3.19. The van der Waals surface area contributed by atoms with Gasteiger partial charge in [0.05, 0.1) is 5.39 Å². The predicted molar refractivity (Wildman–Crippen MR) is 120 cm³/mol. The molecule has 0 saturated heterocycles. The van der Waals surface area contributed by atoms with E-state index in [-0.39, 0.29) is 17.2 Å². The van der Waals surface area contributed by atoms with Gasteiger partial charge in [-0.2, -0.15) is 5.10 Å². The van der Waals surface area contributed by atoms with Gasteiger partial charge < -0.3 is 10.1 Å². The first-order valence-corrected chi connectivity index (χ1v) is 10.4. The van der Waals surface area contributed by atoms with Gasteiger partial charge in [-0.3, -0.25) is 9.59 Å². The van der Waals surface area contributed by atoms with E-state index in [4.69, 9.17) is 4.74 Å². The summed E-state index contributed by atoms with van der Waals surface area (Å²) in [7, 11) is 0. The Morgan fingerprint density at radius 1 is 1.03 bits per heavy atom. The van der Waals surface area contributed by atoms with Crippen LogP contribution in [0.3, 0.4) is 0 Å². The van der Waals surface area contributed by atoms with E-state index in [2.05, 4.69) is 17.3 Å². The topological polar surface area (TPSA) is 90.3 Å². The maximum atomic E-state index is 12.9. The molecule has 1 N–H and O–H groups in total. The van der Waals surface area contributed by atoms with Gasteiger partial charge in [-0.1, -0.05) is 51.1 Å². The molecule has 1 atom stereocenters. The minimum absolute atomic E-state index is 0.0165. The third-order valence-electron chi connectivity index (χ3n) is 4.88. The first-order valence-electron chi connectivity index (χ1n) is 10.4. The number of fused-ring (bicyclic) bond motifs is 1. The standard InChI is InChI=1S/C24H27N3O4/c1-5-17-10-12-18(13-11-17)25-22(28)16(4)31-24(30)21-19-8-6-7-9-20(19)23(29)27(26-21)14-15(2)3/h6-13,15-16H,5,14H2,1-4H3,(H,25,28)/t16-/m0/s1. The zero-order valence-corrected chi connectivity index (χ0v) is 18.2. The Bertz CT molecular complexity index is 1150. The molecule has 1 aromatic heterocycles. The van der Waals surface area contributed by atoms with Gasteiger partial charge in [-0.15, -0.1) is 0 Å². The largest absolute Gasteiger partial charge is 0.448 e. The van der Waals surface area contributed by atoms with Crippen LogP contribution in [0, 0.1) is 5.92 Å². The molecular weight excluding hydrogens is 394 g/mol. The summed E-state index contributed by atoms with van der Waals surface area (Å²) in [4.78, 5) is 38.1. The quantitative estimate of drug-likeness (QED) is 0.586. The summed E-state index contributed by atoms with van der Waals surface area (Å²) in [5.41, 5.74) is 1.54. The molecule has 7 nitrogen and oxygen atoms in total. The number of ether oxygens (including phenoxy) is 1. The van der Waals surface area contributed by atoms with Crippen molar-refractivity contribution in [3.8, 4) is 0 Å². The van der Waals surface area contributed by atoms with Crippen LogP contribution < -0.4 is 10.9 Å². The van der Waals surface area contributed by atoms with Crippen molar-refractivity contribution in [3.05, 3.63) is 70.1 Å². The van der Waals surface area contributed by atoms with Crippen molar-refractivity contribution in [1.29, 1.82) is 0 Å². The lowest BCUT2D eigenvalue weighted by atomic mass is 10.1. The minimum Gasteiger partial charge on any atom is -0.448 e. The molecule has 3 rings (SSSR count). The number of amides is 1. The highest BCUT2D eigenvalue weighted by Gasteiger charge is 2.23. The molecule has 31 heavy (non-hydrogen) atoms. The molecule has 162 valence electrons. The molecule has 0 fully saturated rings. The zero-order valence-electron chi connectivity index (χ0n) is 18.2. The lowest BCUT2D eigenvalue weighted by Gasteiger charge is -2.15. The van der Waals surface area contributed by atoms with Crippen LogP contribution in [0.15, 0.2) is 53.3 Å². The van der Waals surface area contributed by atoms with E-state index < -0.39 is 18.0 Å². The summed E-state index contributed by atoms with van der Waals surface area (Å²) >= 11 is 0. The third kappa shape index (κ3) is 5.17. The molecule has 1 heterocycles. The number of hydrogen-bond acceptors (Lipinski definition) is 5. The summed E-state index contributed by atoms with van der Waals surface area (Å²) in [6, 6.07) is 14.2. The highest BCUT2D eigenvalue weighted by atomic mass is 16.5. The summed E-state index contributed by atoms with van der Waals surface area (Å²) in [6.07, 6.45) is -0.133. The van der Waals surface area contributed by atoms with E-state index in [9.17, 15) is 14.4 Å². The maximum absolute atomic E-state index is 12.9. The average molecular weight is 421 g/mol. The SMILES string of the molecule is CCc1ccc(NC(=O)[C@H](C)OC(=O)c2nn(CC(C)C)c(=O)c3ccccc23)cc1. The van der Waals surface area contributed by atoms with E-state index in [1.807, 2.05) is 38.1 Å². The van der Waals surface area contributed by atoms with Crippen molar-refractivity contribution in [2.45, 2.75) is 46.8 Å². The number of nitrogens with one attached hydrogen (secondary N) is 1. The van der Waals surface area contributed by atoms with E-state index in [0.29, 0.717) is 23.0 Å². The van der Waals surface area contributed by atoms with Gasteiger partial charge >= 0.3 is 5.97 Å². The lowest BCUT2D eigenvalue weighted by Crippen LogP contribution is -2.32. The zero-order chi connectivity index (χ0) is 22.5. The highest BCUT2D eigenvalue weighted by molar-refractivity contribution is 6.03. The molecular formula is C24H27N3O4. The van der Waals surface area contributed by atoms with E-state index >= 15 is 0 Å². The highest BCUT2D eigenvalue weighted by Crippen LogP contribution is 2.16. The molecule has 0 unspecified atom stereocenters. The second kappa shape index (κ2) is 9.55. The van der Waals surface area contributed by atoms with Crippen molar-refractivity contribution >= 4 is 28.3 Å². The van der Waals surface area contributed by atoms with Crippen LogP contribution in [0.2, 0.25) is 0 Å². The number of carbonyl (C=O) groups is 2. The Labute approximate surface area is 181 Å². The number of rotatable bonds is 7. The van der Waals surface area contributed by atoms with Gasteiger partial charge in [0.15, 0.2) is 11.8 Å². The van der Waals surface area contributed by atoms with Crippen molar-refractivity contribution in [3.63, 3.8) is 0 Å². The Hall–Kier alpha value is -3.48. The molecule has 0 saturated carbocycles. The van der Waals surface area contributed by atoms with Crippen molar-refractivity contribution < 1.29 is 14.3 Å². The fourth-order valence-electron chi connectivity index (χ4n) is 3.19. The Balaban J connectivity index is 1.82. The maximum Gasteiger partial charge on any atom is 0.360 e. The minimum atomic E-state index is -1.04. The normalized spacial score (nSPS) is 12.0. The van der Waals surface area contributed by atoms with Gasteiger partial charge in [0.2, 0.25) is 0 Å². The number of benzene rings is 2. The number of carbonyl (C=O) groups excluding carboxylic acids is 2. The number of aromatic nitrogens is 2. The third-order valence-corrected chi connectivity index (χ3v) is 4.88. The molecule has 0 spiro atoms. The Morgan fingerprint density at radius 3 is 2.29 bits per heavy atom. The molecule has 0 aliphatic heterocycles. The summed E-state index contributed by atoms with van der Waals surface area (Å²) < 4.78 is 6.68. The Morgan fingerprint density at radius 2 is 1.68 bits per heavy atom. The number of aryl methyl sites for hydroxylation is 1. The number of anilines is 1. The van der Waals surface area contributed by atoms with Gasteiger partial charge in [0.1, 0.15) is 0 Å². The number of hydrogen-bond donors (Lipinski definition) is 1. The average Bonchev–Trinajstić information content (AvgIpc) is 2.75. The van der Waals surface area contributed by atoms with E-state index in [0.717, 1.165) is 12.0 Å². The van der Waals surface area contributed by atoms with Crippen LogP contribution in [-0.4, -0.2) is 27.8 Å².